The maximum atomic E-state index is 10.9. The molecule has 1 N–H and O–H groups in total. The van der Waals surface area contributed by atoms with E-state index in [1.165, 1.54) is 0 Å². The van der Waals surface area contributed by atoms with Crippen molar-refractivity contribution in [2.75, 3.05) is 0 Å². The molecule has 0 fully saturated rings. The van der Waals surface area contributed by atoms with Gasteiger partial charge in [-0.1, -0.05) is 0 Å². The molecule has 2 aromatic heterocycles. The number of hydrogen-bond acceptors (Lipinski definition) is 3. The molecule has 0 atom stereocenters. The van der Waals surface area contributed by atoms with Crippen molar-refractivity contribution >= 4 is 28.2 Å². The Hall–Kier alpha value is -2.14. The molecule has 0 unspecified atom stereocenters. The van der Waals surface area contributed by atoms with Crippen LogP contribution in [0.4, 0.5) is 0 Å². The van der Waals surface area contributed by atoms with E-state index in [2.05, 4.69) is 4.98 Å². The second kappa shape index (κ2) is 3.71. The average Bonchev–Trinajstić information content (AvgIpc) is 2.96. The first-order valence-electron chi connectivity index (χ1n) is 5.00. The highest BCUT2D eigenvalue weighted by Gasteiger charge is 2.08. The second-order valence-electron chi connectivity index (χ2n) is 3.58. The van der Waals surface area contributed by atoms with Crippen LogP contribution in [0.25, 0.3) is 16.0 Å². The lowest BCUT2D eigenvalue weighted by Gasteiger charge is -2.00. The molecular weight excluding hydrogens is 236 g/mol. The van der Waals surface area contributed by atoms with E-state index >= 15 is 0 Å². The number of aromatic carboxylic acids is 1. The lowest BCUT2D eigenvalue weighted by Crippen LogP contribution is -1.96. The van der Waals surface area contributed by atoms with E-state index in [0.29, 0.717) is 5.56 Å². The van der Waals surface area contributed by atoms with E-state index in [1.807, 2.05) is 22.2 Å². The fraction of sp³-hybridized carbons (Fsp3) is 0. The Bertz CT molecular complexity index is 686. The zero-order valence-corrected chi connectivity index (χ0v) is 9.52. The second-order valence-corrected chi connectivity index (χ2v) is 4.45. The number of benzene rings is 1. The summed E-state index contributed by atoms with van der Waals surface area (Å²) in [5.74, 6) is -0.908. The molecule has 0 spiro atoms. The fourth-order valence-corrected chi connectivity index (χ4v) is 2.42. The van der Waals surface area contributed by atoms with E-state index in [4.69, 9.17) is 5.11 Å². The van der Waals surface area contributed by atoms with Gasteiger partial charge in [0.2, 0.25) is 0 Å². The average molecular weight is 244 g/mol. The van der Waals surface area contributed by atoms with Gasteiger partial charge in [-0.25, -0.2) is 9.78 Å². The Morgan fingerprint density at radius 3 is 2.94 bits per heavy atom. The summed E-state index contributed by atoms with van der Waals surface area (Å²) in [7, 11) is 0. The highest BCUT2D eigenvalue weighted by atomic mass is 32.1. The molecule has 0 aliphatic rings. The molecule has 5 heteroatoms. The first-order chi connectivity index (χ1) is 8.25. The monoisotopic (exact) mass is 244 g/mol. The molecule has 4 nitrogen and oxygen atoms in total. The van der Waals surface area contributed by atoms with Crippen molar-refractivity contribution in [2.24, 2.45) is 0 Å². The van der Waals surface area contributed by atoms with Gasteiger partial charge in [-0.15, -0.1) is 11.3 Å². The molecule has 1 aromatic carbocycles. The Labute approximate surface area is 101 Å². The fourth-order valence-electron chi connectivity index (χ4n) is 1.78. The summed E-state index contributed by atoms with van der Waals surface area (Å²) < 4.78 is 1.95. The third-order valence-electron chi connectivity index (χ3n) is 2.56. The van der Waals surface area contributed by atoms with Crippen LogP contribution < -0.4 is 0 Å². The lowest BCUT2D eigenvalue weighted by atomic mass is 10.1. The van der Waals surface area contributed by atoms with Crippen molar-refractivity contribution in [1.82, 2.24) is 9.55 Å². The van der Waals surface area contributed by atoms with Crippen LogP contribution in [0.1, 0.15) is 10.4 Å². The van der Waals surface area contributed by atoms with Crippen LogP contribution in [0.2, 0.25) is 0 Å². The summed E-state index contributed by atoms with van der Waals surface area (Å²) >= 11 is 1.54. The van der Waals surface area contributed by atoms with Gasteiger partial charge in [0.1, 0.15) is 0 Å². The molecule has 0 amide bonds. The number of thiazole rings is 1. The number of rotatable bonds is 2. The van der Waals surface area contributed by atoms with Crippen LogP contribution in [0.5, 0.6) is 0 Å². The van der Waals surface area contributed by atoms with Gasteiger partial charge in [-0.05, 0) is 24.3 Å². The van der Waals surface area contributed by atoms with Crippen LogP contribution in [-0.4, -0.2) is 20.6 Å². The summed E-state index contributed by atoms with van der Waals surface area (Å²) in [6, 6.07) is 6.97. The minimum absolute atomic E-state index is 0.300. The van der Waals surface area contributed by atoms with Gasteiger partial charge in [-0.2, -0.15) is 0 Å². The minimum atomic E-state index is -0.908. The van der Waals surface area contributed by atoms with Gasteiger partial charge in [-0.3, -0.25) is 4.57 Å². The van der Waals surface area contributed by atoms with Crippen molar-refractivity contribution in [3.8, 4) is 5.13 Å². The van der Waals surface area contributed by atoms with E-state index in [0.717, 1.165) is 16.0 Å². The van der Waals surface area contributed by atoms with Gasteiger partial charge < -0.3 is 5.11 Å². The molecule has 84 valence electrons. The van der Waals surface area contributed by atoms with Crippen LogP contribution in [-0.2, 0) is 0 Å². The number of carboxylic acid groups (broad SMARTS) is 1. The maximum absolute atomic E-state index is 10.9. The molecule has 0 radical (unpaired) electrons. The standard InChI is InChI=1S/C12H8N2O2S/c15-11(16)9-1-2-10-8(7-9)3-5-14(10)12-13-4-6-17-12/h1-7H,(H,15,16). The molecule has 0 bridgehead atoms. The van der Waals surface area contributed by atoms with Gasteiger partial charge in [0.15, 0.2) is 5.13 Å². The number of hydrogen-bond donors (Lipinski definition) is 1. The molecule has 0 saturated carbocycles. The highest BCUT2D eigenvalue weighted by molar-refractivity contribution is 7.12. The minimum Gasteiger partial charge on any atom is -0.478 e. The van der Waals surface area contributed by atoms with E-state index < -0.39 is 5.97 Å². The first kappa shape index (κ1) is 10.0. The van der Waals surface area contributed by atoms with E-state index in [9.17, 15) is 4.79 Å². The Morgan fingerprint density at radius 2 is 2.24 bits per heavy atom. The molecule has 3 rings (SSSR count). The van der Waals surface area contributed by atoms with Crippen LogP contribution >= 0.6 is 11.3 Å². The molecule has 0 aliphatic heterocycles. The van der Waals surface area contributed by atoms with Gasteiger partial charge in [0.05, 0.1) is 11.1 Å². The lowest BCUT2D eigenvalue weighted by molar-refractivity contribution is 0.0697. The van der Waals surface area contributed by atoms with Crippen LogP contribution in [0, 0.1) is 0 Å². The predicted octanol–water partition coefficient (Wildman–Crippen LogP) is 2.79. The number of carboxylic acids is 1. The Morgan fingerprint density at radius 1 is 1.35 bits per heavy atom. The molecule has 17 heavy (non-hydrogen) atoms. The van der Waals surface area contributed by atoms with E-state index in [-0.39, 0.29) is 0 Å². The third kappa shape index (κ3) is 1.60. The Kier molecular flexibility index (Phi) is 2.19. The highest BCUT2D eigenvalue weighted by Crippen LogP contribution is 2.22. The largest absolute Gasteiger partial charge is 0.478 e. The zero-order chi connectivity index (χ0) is 11.8. The van der Waals surface area contributed by atoms with Crippen molar-refractivity contribution < 1.29 is 9.90 Å². The van der Waals surface area contributed by atoms with Gasteiger partial charge in [0.25, 0.3) is 0 Å². The summed E-state index contributed by atoms with van der Waals surface area (Å²) in [5, 5.41) is 12.6. The Balaban J connectivity index is 2.21. The van der Waals surface area contributed by atoms with Crippen molar-refractivity contribution in [2.45, 2.75) is 0 Å². The van der Waals surface area contributed by atoms with E-state index in [1.54, 1.807) is 35.7 Å². The van der Waals surface area contributed by atoms with Crippen molar-refractivity contribution in [3.05, 3.63) is 47.6 Å². The van der Waals surface area contributed by atoms with Crippen molar-refractivity contribution in [3.63, 3.8) is 0 Å². The molecular formula is C12H8N2O2S. The molecule has 0 saturated heterocycles. The SMILES string of the molecule is O=C(O)c1ccc2c(ccn2-c2nccs2)c1. The zero-order valence-electron chi connectivity index (χ0n) is 8.70. The summed E-state index contributed by atoms with van der Waals surface area (Å²) in [6.07, 6.45) is 3.65. The summed E-state index contributed by atoms with van der Waals surface area (Å²) in [4.78, 5) is 15.1. The molecule has 2 heterocycles. The number of carbonyl (C=O) groups is 1. The number of fused-ring (bicyclic) bond motifs is 1. The topological polar surface area (TPSA) is 55.1 Å². The maximum Gasteiger partial charge on any atom is 0.335 e. The molecule has 3 aromatic rings. The predicted molar refractivity (Wildman–Crippen MR) is 65.9 cm³/mol. The third-order valence-corrected chi connectivity index (χ3v) is 3.33. The normalized spacial score (nSPS) is 10.8. The smallest absolute Gasteiger partial charge is 0.335 e. The van der Waals surface area contributed by atoms with Gasteiger partial charge in [0, 0.05) is 23.2 Å². The molecule has 0 aliphatic carbocycles. The summed E-state index contributed by atoms with van der Waals surface area (Å²) in [5.41, 5.74) is 1.26. The number of nitrogens with zero attached hydrogens (tertiary/aromatic N) is 2. The quantitative estimate of drug-likeness (QED) is 0.754. The summed E-state index contributed by atoms with van der Waals surface area (Å²) in [6.45, 7) is 0. The first-order valence-corrected chi connectivity index (χ1v) is 5.88. The van der Waals surface area contributed by atoms with Crippen LogP contribution in [0.15, 0.2) is 42.0 Å². The van der Waals surface area contributed by atoms with Crippen molar-refractivity contribution in [1.29, 1.82) is 0 Å². The van der Waals surface area contributed by atoms with Gasteiger partial charge >= 0.3 is 5.97 Å². The number of aromatic nitrogens is 2. The van der Waals surface area contributed by atoms with Crippen LogP contribution in [0.3, 0.4) is 0 Å².